The first-order valence-corrected chi connectivity index (χ1v) is 8.96. The quantitative estimate of drug-likeness (QED) is 0.397. The molecule has 5 heteroatoms. The van der Waals surface area contributed by atoms with Crippen LogP contribution in [0.3, 0.4) is 0 Å². The predicted molar refractivity (Wildman–Crippen MR) is 113 cm³/mol. The average Bonchev–Trinajstić information content (AvgIpc) is 2.79. The summed E-state index contributed by atoms with van der Waals surface area (Å²) >= 11 is 0. The van der Waals surface area contributed by atoms with Gasteiger partial charge in [-0.05, 0) is 12.5 Å². The minimum Gasteiger partial charge on any atom is -0.238 e. The summed E-state index contributed by atoms with van der Waals surface area (Å²) in [4.78, 5) is 20.9. The molecule has 0 atom stereocenters. The lowest BCUT2D eigenvalue weighted by Gasteiger charge is -2.10. The van der Waals surface area contributed by atoms with Crippen molar-refractivity contribution in [3.05, 3.63) is 101 Å². The van der Waals surface area contributed by atoms with Crippen LogP contribution in [0.4, 0.5) is 11.4 Å². The summed E-state index contributed by atoms with van der Waals surface area (Å²) in [6, 6.07) is 22.3. The highest BCUT2D eigenvalue weighted by atomic mass is 15.0. The first kappa shape index (κ1) is 18.0. The number of hydrogen-bond acceptors (Lipinski definition) is 3. The van der Waals surface area contributed by atoms with Crippen molar-refractivity contribution in [1.29, 1.82) is 0 Å². The Morgan fingerprint density at radius 2 is 1.03 bits per heavy atom. The van der Waals surface area contributed by atoms with Crippen LogP contribution in [0.15, 0.2) is 72.8 Å². The Bertz CT molecular complexity index is 1180. The third kappa shape index (κ3) is 3.71. The molecule has 0 aliphatic rings. The van der Waals surface area contributed by atoms with Gasteiger partial charge in [-0.25, -0.2) is 24.6 Å². The number of nitrogens with zero attached hydrogens (tertiary/aromatic N) is 5. The molecule has 5 nitrogen and oxygen atoms in total. The van der Waals surface area contributed by atoms with E-state index in [1.165, 1.54) is 0 Å². The van der Waals surface area contributed by atoms with Gasteiger partial charge in [-0.1, -0.05) is 72.8 Å². The number of rotatable bonds is 3. The summed E-state index contributed by atoms with van der Waals surface area (Å²) < 4.78 is 0. The molecule has 0 aliphatic carbocycles. The average molecular weight is 373 g/mol. The van der Waals surface area contributed by atoms with Gasteiger partial charge in [-0.2, -0.15) is 0 Å². The molecule has 0 radical (unpaired) electrons. The second kappa shape index (κ2) is 7.72. The second-order valence-electron chi connectivity index (χ2n) is 6.44. The maximum absolute atomic E-state index is 7.13. The molecular formula is C24H15N5. The zero-order chi connectivity index (χ0) is 20.2. The summed E-state index contributed by atoms with van der Waals surface area (Å²) in [5, 5.41) is 0. The third-order valence-corrected chi connectivity index (χ3v) is 4.53. The van der Waals surface area contributed by atoms with E-state index in [-0.39, 0.29) is 0 Å². The van der Waals surface area contributed by atoms with E-state index in [0.29, 0.717) is 28.8 Å². The molecule has 0 bridgehead atoms. The van der Waals surface area contributed by atoms with Gasteiger partial charge in [-0.3, -0.25) is 0 Å². The van der Waals surface area contributed by atoms with E-state index in [9.17, 15) is 0 Å². The van der Waals surface area contributed by atoms with Gasteiger partial charge in [0.2, 0.25) is 0 Å². The van der Waals surface area contributed by atoms with Crippen LogP contribution in [0.2, 0.25) is 0 Å². The Hall–Kier alpha value is -4.35. The molecule has 3 aromatic carbocycles. The second-order valence-corrected chi connectivity index (χ2v) is 6.44. The summed E-state index contributed by atoms with van der Waals surface area (Å²) in [5.74, 6) is 1.67. The molecule has 0 unspecified atom stereocenters. The van der Waals surface area contributed by atoms with Gasteiger partial charge in [0.15, 0.2) is 28.8 Å². The van der Waals surface area contributed by atoms with Gasteiger partial charge >= 0.3 is 0 Å². The van der Waals surface area contributed by atoms with Crippen LogP contribution in [-0.4, -0.2) is 15.0 Å². The van der Waals surface area contributed by atoms with Crippen LogP contribution in [-0.2, 0) is 0 Å². The predicted octanol–water partition coefficient (Wildman–Crippen LogP) is 6.28. The molecule has 0 amide bonds. The minimum absolute atomic E-state index is 0.541. The number of aromatic nitrogens is 3. The van der Waals surface area contributed by atoms with Crippen molar-refractivity contribution in [2.45, 2.75) is 6.92 Å². The van der Waals surface area contributed by atoms with Crippen molar-refractivity contribution in [3.8, 4) is 34.2 Å². The molecule has 0 saturated carbocycles. The molecule has 0 fully saturated rings. The highest BCUT2D eigenvalue weighted by Crippen LogP contribution is 2.28. The Morgan fingerprint density at radius 1 is 0.586 bits per heavy atom. The van der Waals surface area contributed by atoms with Crippen molar-refractivity contribution in [1.82, 2.24) is 15.0 Å². The van der Waals surface area contributed by atoms with Gasteiger partial charge in [0.25, 0.3) is 0 Å². The lowest BCUT2D eigenvalue weighted by atomic mass is 10.1. The molecule has 136 valence electrons. The highest BCUT2D eigenvalue weighted by Gasteiger charge is 2.13. The molecule has 1 heterocycles. The lowest BCUT2D eigenvalue weighted by molar-refractivity contribution is 1.07. The fourth-order valence-corrected chi connectivity index (χ4v) is 2.95. The largest absolute Gasteiger partial charge is 0.238 e. The summed E-state index contributed by atoms with van der Waals surface area (Å²) in [6.45, 7) is 16.3. The molecule has 4 aromatic rings. The van der Waals surface area contributed by atoms with E-state index in [1.807, 2.05) is 55.5 Å². The zero-order valence-corrected chi connectivity index (χ0v) is 15.7. The number of hydrogen-bond donors (Lipinski definition) is 0. The topological polar surface area (TPSA) is 47.4 Å². The molecule has 0 saturated heterocycles. The SMILES string of the molecule is [C-]#[N+]c1ccc(-c2nc(-c3ccc([N+]#[C-])cc3)nc(-c3ccccc3C)n2)cc1. The van der Waals surface area contributed by atoms with Crippen molar-refractivity contribution in [2.75, 3.05) is 0 Å². The first-order chi connectivity index (χ1) is 14.2. The monoisotopic (exact) mass is 373 g/mol. The van der Waals surface area contributed by atoms with Crippen LogP contribution in [0.1, 0.15) is 5.56 Å². The summed E-state index contributed by atoms with van der Waals surface area (Å²) in [6.07, 6.45) is 0. The van der Waals surface area contributed by atoms with Crippen LogP contribution in [0, 0.1) is 20.1 Å². The molecule has 1 aromatic heterocycles. The molecule has 4 rings (SSSR count). The first-order valence-electron chi connectivity index (χ1n) is 8.96. The van der Waals surface area contributed by atoms with Gasteiger partial charge in [0.1, 0.15) is 0 Å². The number of aryl methyl sites for hydroxylation is 1. The van der Waals surface area contributed by atoms with E-state index in [1.54, 1.807) is 24.3 Å². The van der Waals surface area contributed by atoms with Crippen molar-refractivity contribution in [2.24, 2.45) is 0 Å². The van der Waals surface area contributed by atoms with Crippen LogP contribution in [0.5, 0.6) is 0 Å². The fraction of sp³-hybridized carbons (Fsp3) is 0.0417. The Kier molecular flexibility index (Phi) is 4.80. The molecule has 0 spiro atoms. The maximum atomic E-state index is 7.13. The standard InChI is InChI=1S/C24H15N5/c1-16-6-4-5-7-21(16)24-28-22(17-8-12-19(25-2)13-9-17)27-23(29-24)18-10-14-20(26-3)15-11-18/h4-15H,1H3. The van der Waals surface area contributed by atoms with Gasteiger partial charge in [0, 0.05) is 16.7 Å². The summed E-state index contributed by atoms with van der Waals surface area (Å²) in [5.41, 5.74) is 4.77. The maximum Gasteiger partial charge on any atom is 0.187 e. The van der Waals surface area contributed by atoms with Crippen molar-refractivity contribution in [3.63, 3.8) is 0 Å². The fourth-order valence-electron chi connectivity index (χ4n) is 2.95. The normalized spacial score (nSPS) is 10.2. The minimum atomic E-state index is 0.541. The van der Waals surface area contributed by atoms with E-state index in [2.05, 4.69) is 14.7 Å². The van der Waals surface area contributed by atoms with E-state index < -0.39 is 0 Å². The van der Waals surface area contributed by atoms with Gasteiger partial charge in [0.05, 0.1) is 13.1 Å². The lowest BCUT2D eigenvalue weighted by Crippen LogP contribution is -2.00. The smallest absolute Gasteiger partial charge is 0.187 e. The highest BCUT2D eigenvalue weighted by molar-refractivity contribution is 5.69. The van der Waals surface area contributed by atoms with Crippen LogP contribution < -0.4 is 0 Å². The third-order valence-electron chi connectivity index (χ3n) is 4.53. The van der Waals surface area contributed by atoms with E-state index >= 15 is 0 Å². The Labute approximate surface area is 169 Å². The van der Waals surface area contributed by atoms with Crippen molar-refractivity contribution >= 4 is 11.4 Å². The Morgan fingerprint density at radius 3 is 1.48 bits per heavy atom. The molecular weight excluding hydrogens is 358 g/mol. The molecule has 29 heavy (non-hydrogen) atoms. The van der Waals surface area contributed by atoms with Gasteiger partial charge in [-0.15, -0.1) is 0 Å². The molecule has 0 N–H and O–H groups in total. The van der Waals surface area contributed by atoms with Crippen LogP contribution in [0.25, 0.3) is 43.9 Å². The Balaban J connectivity index is 1.90. The van der Waals surface area contributed by atoms with Crippen molar-refractivity contribution < 1.29 is 0 Å². The van der Waals surface area contributed by atoms with Gasteiger partial charge < -0.3 is 0 Å². The number of benzene rings is 3. The van der Waals surface area contributed by atoms with Crippen LogP contribution >= 0.6 is 0 Å². The zero-order valence-electron chi connectivity index (χ0n) is 15.7. The van der Waals surface area contributed by atoms with E-state index in [0.717, 1.165) is 22.3 Å². The summed E-state index contributed by atoms with van der Waals surface area (Å²) in [7, 11) is 0. The van der Waals surface area contributed by atoms with E-state index in [4.69, 9.17) is 23.1 Å². The molecule has 0 aliphatic heterocycles.